The van der Waals surface area contributed by atoms with E-state index in [1.54, 1.807) is 24.1 Å². The molecular formula is C17H23N3O3S. The molecule has 0 bridgehead atoms. The Labute approximate surface area is 143 Å². The van der Waals surface area contributed by atoms with Crippen molar-refractivity contribution in [3.05, 3.63) is 47.3 Å². The monoisotopic (exact) mass is 349 g/mol. The van der Waals surface area contributed by atoms with E-state index in [1.165, 1.54) is 18.4 Å². The van der Waals surface area contributed by atoms with Gasteiger partial charge in [0.2, 0.25) is 5.91 Å². The van der Waals surface area contributed by atoms with Crippen LogP contribution in [0, 0.1) is 6.92 Å². The molecular weight excluding hydrogens is 326 g/mol. The van der Waals surface area contributed by atoms with Crippen LogP contribution in [0.4, 0.5) is 0 Å². The highest BCUT2D eigenvalue weighted by Gasteiger charge is 2.14. The third kappa shape index (κ3) is 4.44. The van der Waals surface area contributed by atoms with Crippen LogP contribution in [0.2, 0.25) is 0 Å². The summed E-state index contributed by atoms with van der Waals surface area (Å²) in [4.78, 5) is 14.3. The number of hydrogen-bond acceptors (Lipinski definition) is 4. The number of aryl methyl sites for hydroxylation is 2. The first-order chi connectivity index (χ1) is 11.2. The van der Waals surface area contributed by atoms with E-state index >= 15 is 0 Å². The van der Waals surface area contributed by atoms with Gasteiger partial charge in [0.15, 0.2) is 9.84 Å². The Balaban J connectivity index is 2.02. The summed E-state index contributed by atoms with van der Waals surface area (Å²) in [5.74, 6) is -0.0224. The fourth-order valence-corrected chi connectivity index (χ4v) is 3.01. The second kappa shape index (κ2) is 7.17. The molecule has 6 nitrogen and oxygen atoms in total. The van der Waals surface area contributed by atoms with Gasteiger partial charge in [0, 0.05) is 38.2 Å². The summed E-state index contributed by atoms with van der Waals surface area (Å²) >= 11 is 0. The SMILES string of the molecule is CCn1cc(CN(C)C(=O)Cc2ccc(S(C)(=O)=O)cc2)c(C)n1. The lowest BCUT2D eigenvalue weighted by atomic mass is 10.1. The summed E-state index contributed by atoms with van der Waals surface area (Å²) in [5.41, 5.74) is 2.74. The number of sulfone groups is 1. The largest absolute Gasteiger partial charge is 0.341 e. The average molecular weight is 349 g/mol. The Bertz CT molecular complexity index is 823. The highest BCUT2D eigenvalue weighted by atomic mass is 32.2. The molecule has 0 radical (unpaired) electrons. The predicted octanol–water partition coefficient (Wildman–Crippen LogP) is 1.82. The molecule has 0 saturated heterocycles. The summed E-state index contributed by atoms with van der Waals surface area (Å²) in [5, 5.41) is 4.38. The first-order valence-corrected chi connectivity index (χ1v) is 9.65. The van der Waals surface area contributed by atoms with Crippen molar-refractivity contribution in [1.82, 2.24) is 14.7 Å². The van der Waals surface area contributed by atoms with Crippen LogP contribution in [0.3, 0.4) is 0 Å². The first kappa shape index (κ1) is 18.2. The van der Waals surface area contributed by atoms with Crippen LogP contribution >= 0.6 is 0 Å². The van der Waals surface area contributed by atoms with Crippen molar-refractivity contribution in [2.24, 2.45) is 0 Å². The van der Waals surface area contributed by atoms with E-state index in [-0.39, 0.29) is 17.2 Å². The minimum absolute atomic E-state index is 0.0224. The van der Waals surface area contributed by atoms with Crippen molar-refractivity contribution in [2.75, 3.05) is 13.3 Å². The number of benzene rings is 1. The maximum Gasteiger partial charge on any atom is 0.227 e. The third-order valence-electron chi connectivity index (χ3n) is 3.91. The van der Waals surface area contributed by atoms with Gasteiger partial charge in [-0.05, 0) is 31.5 Å². The zero-order valence-corrected chi connectivity index (χ0v) is 15.3. The molecule has 0 aliphatic carbocycles. The lowest BCUT2D eigenvalue weighted by Crippen LogP contribution is -2.27. The van der Waals surface area contributed by atoms with E-state index in [0.717, 1.165) is 23.4 Å². The fourth-order valence-electron chi connectivity index (χ4n) is 2.38. The zero-order chi connectivity index (χ0) is 17.9. The minimum atomic E-state index is -3.21. The quantitative estimate of drug-likeness (QED) is 0.797. The Hall–Kier alpha value is -2.15. The van der Waals surface area contributed by atoms with Gasteiger partial charge in [-0.2, -0.15) is 5.10 Å². The lowest BCUT2D eigenvalue weighted by molar-refractivity contribution is -0.129. The van der Waals surface area contributed by atoms with Crippen LogP contribution in [-0.2, 0) is 34.1 Å². The van der Waals surface area contributed by atoms with Crippen LogP contribution in [-0.4, -0.2) is 42.3 Å². The van der Waals surface area contributed by atoms with Gasteiger partial charge in [-0.3, -0.25) is 9.48 Å². The van der Waals surface area contributed by atoms with Gasteiger partial charge in [0.05, 0.1) is 17.0 Å². The van der Waals surface area contributed by atoms with E-state index in [4.69, 9.17) is 0 Å². The Morgan fingerprint density at radius 1 is 1.25 bits per heavy atom. The molecule has 0 atom stereocenters. The second-order valence-corrected chi connectivity index (χ2v) is 7.95. The van der Waals surface area contributed by atoms with Gasteiger partial charge < -0.3 is 4.90 Å². The molecule has 2 aromatic rings. The number of likely N-dealkylation sites (N-methyl/N-ethyl adjacent to an activating group) is 1. The average Bonchev–Trinajstić information content (AvgIpc) is 2.87. The van der Waals surface area contributed by atoms with Gasteiger partial charge in [-0.1, -0.05) is 12.1 Å². The summed E-state index contributed by atoms with van der Waals surface area (Å²) in [6.45, 7) is 5.26. The summed E-state index contributed by atoms with van der Waals surface area (Å²) in [7, 11) is -1.45. The Morgan fingerprint density at radius 3 is 2.38 bits per heavy atom. The van der Waals surface area contributed by atoms with E-state index < -0.39 is 9.84 Å². The molecule has 0 unspecified atom stereocenters. The van der Waals surface area contributed by atoms with Gasteiger partial charge in [-0.15, -0.1) is 0 Å². The van der Waals surface area contributed by atoms with E-state index in [9.17, 15) is 13.2 Å². The van der Waals surface area contributed by atoms with Crippen molar-refractivity contribution < 1.29 is 13.2 Å². The number of amides is 1. The van der Waals surface area contributed by atoms with Crippen LogP contribution in [0.25, 0.3) is 0 Å². The van der Waals surface area contributed by atoms with Crippen molar-refractivity contribution in [1.29, 1.82) is 0 Å². The Morgan fingerprint density at radius 2 is 1.88 bits per heavy atom. The zero-order valence-electron chi connectivity index (χ0n) is 14.5. The first-order valence-electron chi connectivity index (χ1n) is 7.76. The highest BCUT2D eigenvalue weighted by Crippen LogP contribution is 2.13. The van der Waals surface area contributed by atoms with E-state index in [0.29, 0.717) is 6.54 Å². The number of hydrogen-bond donors (Lipinski definition) is 0. The van der Waals surface area contributed by atoms with E-state index in [1.807, 2.05) is 24.7 Å². The molecule has 0 fully saturated rings. The highest BCUT2D eigenvalue weighted by molar-refractivity contribution is 7.90. The Kier molecular flexibility index (Phi) is 5.43. The normalized spacial score (nSPS) is 11.5. The number of rotatable bonds is 6. The number of aromatic nitrogens is 2. The van der Waals surface area contributed by atoms with Crippen molar-refractivity contribution in [2.45, 2.75) is 38.3 Å². The molecule has 1 aromatic heterocycles. The van der Waals surface area contributed by atoms with Gasteiger partial charge >= 0.3 is 0 Å². The van der Waals surface area contributed by atoms with Crippen molar-refractivity contribution in [3.8, 4) is 0 Å². The van der Waals surface area contributed by atoms with Gasteiger partial charge in [-0.25, -0.2) is 8.42 Å². The number of nitrogens with zero attached hydrogens (tertiary/aromatic N) is 3. The molecule has 1 amide bonds. The second-order valence-electron chi connectivity index (χ2n) is 5.94. The summed E-state index contributed by atoms with van der Waals surface area (Å²) in [6.07, 6.45) is 3.36. The number of carbonyl (C=O) groups is 1. The molecule has 0 aliphatic rings. The van der Waals surface area contributed by atoms with Crippen LogP contribution < -0.4 is 0 Å². The molecule has 7 heteroatoms. The molecule has 1 heterocycles. The van der Waals surface area contributed by atoms with Gasteiger partial charge in [0.25, 0.3) is 0 Å². The predicted molar refractivity (Wildman–Crippen MR) is 92.4 cm³/mol. The maximum absolute atomic E-state index is 12.4. The van der Waals surface area contributed by atoms with Crippen molar-refractivity contribution in [3.63, 3.8) is 0 Å². The number of carbonyl (C=O) groups excluding carboxylic acids is 1. The third-order valence-corrected chi connectivity index (χ3v) is 5.04. The topological polar surface area (TPSA) is 72.3 Å². The lowest BCUT2D eigenvalue weighted by Gasteiger charge is -2.17. The van der Waals surface area contributed by atoms with Crippen LogP contribution in [0.1, 0.15) is 23.7 Å². The molecule has 2 rings (SSSR count). The molecule has 1 aromatic carbocycles. The van der Waals surface area contributed by atoms with Gasteiger partial charge in [0.1, 0.15) is 0 Å². The van der Waals surface area contributed by atoms with Crippen LogP contribution in [0.15, 0.2) is 35.4 Å². The smallest absolute Gasteiger partial charge is 0.227 e. The maximum atomic E-state index is 12.4. The van der Waals surface area contributed by atoms with E-state index in [2.05, 4.69) is 5.10 Å². The fraction of sp³-hybridized carbons (Fsp3) is 0.412. The standard InChI is InChI=1S/C17H23N3O3S/c1-5-20-12-15(13(2)18-20)11-19(3)17(21)10-14-6-8-16(9-7-14)24(4,22)23/h6-9,12H,5,10-11H2,1-4H3. The molecule has 0 spiro atoms. The minimum Gasteiger partial charge on any atom is -0.341 e. The molecule has 0 aliphatic heterocycles. The molecule has 0 saturated carbocycles. The molecule has 24 heavy (non-hydrogen) atoms. The summed E-state index contributed by atoms with van der Waals surface area (Å²) in [6, 6.07) is 6.44. The van der Waals surface area contributed by atoms with Crippen molar-refractivity contribution >= 4 is 15.7 Å². The van der Waals surface area contributed by atoms with Crippen LogP contribution in [0.5, 0.6) is 0 Å². The molecule has 130 valence electrons. The summed E-state index contributed by atoms with van der Waals surface area (Å²) < 4.78 is 24.8. The molecule has 0 N–H and O–H groups in total.